The fourth-order valence-electron chi connectivity index (χ4n) is 1.49. The minimum atomic E-state index is -4.45. The van der Waals surface area contributed by atoms with Crippen molar-refractivity contribution in [2.24, 2.45) is 0 Å². The van der Waals surface area contributed by atoms with Gasteiger partial charge in [-0.05, 0) is 22.9 Å². The second-order valence-corrected chi connectivity index (χ2v) is 4.28. The Bertz CT molecular complexity index is 527. The number of ketones is 1. The lowest BCUT2D eigenvalue weighted by molar-refractivity contribution is -0.125. The lowest BCUT2D eigenvalue weighted by Crippen LogP contribution is -2.14. The maximum atomic E-state index is 12.1. The Morgan fingerprint density at radius 1 is 1.25 bits per heavy atom. The van der Waals surface area contributed by atoms with Crippen LogP contribution in [-0.4, -0.2) is 12.0 Å². The molecule has 0 aliphatic carbocycles. The summed E-state index contributed by atoms with van der Waals surface area (Å²) in [6.07, 6.45) is -5.85. The summed E-state index contributed by atoms with van der Waals surface area (Å²) in [6.45, 7) is 0. The molecule has 1 aromatic carbocycles. The fraction of sp³-hybridized carbons (Fsp3) is 0.182. The molecule has 0 amide bonds. The third-order valence-electron chi connectivity index (χ3n) is 2.14. The summed E-state index contributed by atoms with van der Waals surface area (Å²) in [7, 11) is 0. The molecular weight excluding hydrogens is 237 g/mol. The number of hydrogen-bond acceptors (Lipinski definition) is 2. The van der Waals surface area contributed by atoms with Gasteiger partial charge in [0.1, 0.15) is 6.42 Å². The second kappa shape index (κ2) is 3.90. The molecule has 1 aromatic heterocycles. The van der Waals surface area contributed by atoms with Gasteiger partial charge in [-0.1, -0.05) is 12.1 Å². The molecule has 0 spiro atoms. The van der Waals surface area contributed by atoms with Crippen molar-refractivity contribution in [1.29, 1.82) is 0 Å². The van der Waals surface area contributed by atoms with Crippen LogP contribution in [0.3, 0.4) is 0 Å². The summed E-state index contributed by atoms with van der Waals surface area (Å²) < 4.78 is 36.9. The van der Waals surface area contributed by atoms with Crippen LogP contribution in [-0.2, 0) is 0 Å². The van der Waals surface area contributed by atoms with Crippen molar-refractivity contribution in [3.63, 3.8) is 0 Å². The summed E-state index contributed by atoms with van der Waals surface area (Å²) in [6, 6.07) is 6.59. The molecule has 0 N–H and O–H groups in total. The van der Waals surface area contributed by atoms with Crippen LogP contribution in [0, 0.1) is 0 Å². The van der Waals surface area contributed by atoms with E-state index in [1.165, 1.54) is 17.4 Å². The number of benzene rings is 1. The van der Waals surface area contributed by atoms with Gasteiger partial charge in [0.2, 0.25) is 0 Å². The van der Waals surface area contributed by atoms with E-state index in [-0.39, 0.29) is 5.56 Å². The van der Waals surface area contributed by atoms with Crippen molar-refractivity contribution < 1.29 is 18.0 Å². The normalized spacial score (nSPS) is 11.9. The Kier molecular flexibility index (Phi) is 2.71. The SMILES string of the molecule is O=C(CC(F)(F)F)c1cccc2ccsc12. The van der Waals surface area contributed by atoms with Crippen LogP contribution in [0.2, 0.25) is 0 Å². The van der Waals surface area contributed by atoms with Gasteiger partial charge in [0.05, 0.1) is 0 Å². The van der Waals surface area contributed by atoms with E-state index < -0.39 is 18.4 Å². The van der Waals surface area contributed by atoms with Crippen LogP contribution in [0.15, 0.2) is 29.6 Å². The second-order valence-electron chi connectivity index (χ2n) is 3.36. The Morgan fingerprint density at radius 3 is 2.69 bits per heavy atom. The molecule has 2 aromatic rings. The van der Waals surface area contributed by atoms with E-state index in [9.17, 15) is 18.0 Å². The number of Topliss-reactive ketones (excluding diaryl/α,β-unsaturated/α-hetero) is 1. The average Bonchev–Trinajstić information content (AvgIpc) is 2.61. The zero-order valence-corrected chi connectivity index (χ0v) is 8.86. The highest BCUT2D eigenvalue weighted by molar-refractivity contribution is 7.17. The predicted octanol–water partition coefficient (Wildman–Crippen LogP) is 4.04. The van der Waals surface area contributed by atoms with Gasteiger partial charge >= 0.3 is 6.18 Å². The minimum Gasteiger partial charge on any atom is -0.294 e. The van der Waals surface area contributed by atoms with Crippen LogP contribution >= 0.6 is 11.3 Å². The Morgan fingerprint density at radius 2 is 2.00 bits per heavy atom. The van der Waals surface area contributed by atoms with Crippen LogP contribution in [0.5, 0.6) is 0 Å². The molecule has 0 atom stereocenters. The molecule has 1 heterocycles. The fourth-order valence-corrected chi connectivity index (χ4v) is 2.42. The third-order valence-corrected chi connectivity index (χ3v) is 3.10. The van der Waals surface area contributed by atoms with Crippen molar-refractivity contribution in [3.8, 4) is 0 Å². The van der Waals surface area contributed by atoms with Gasteiger partial charge in [-0.2, -0.15) is 13.2 Å². The number of carbonyl (C=O) groups excluding carboxylic acids is 1. The summed E-state index contributed by atoms with van der Waals surface area (Å²) in [4.78, 5) is 11.5. The smallest absolute Gasteiger partial charge is 0.294 e. The molecule has 0 aliphatic heterocycles. The first-order valence-electron chi connectivity index (χ1n) is 4.53. The van der Waals surface area contributed by atoms with Crippen molar-refractivity contribution in [1.82, 2.24) is 0 Å². The first-order valence-corrected chi connectivity index (χ1v) is 5.41. The molecule has 1 nitrogen and oxygen atoms in total. The third kappa shape index (κ3) is 2.24. The molecule has 16 heavy (non-hydrogen) atoms. The number of fused-ring (bicyclic) bond motifs is 1. The van der Waals surface area contributed by atoms with Crippen LogP contribution in [0.25, 0.3) is 10.1 Å². The van der Waals surface area contributed by atoms with Gasteiger partial charge in [0.25, 0.3) is 0 Å². The highest BCUT2D eigenvalue weighted by atomic mass is 32.1. The van der Waals surface area contributed by atoms with Crippen molar-refractivity contribution >= 4 is 27.2 Å². The van der Waals surface area contributed by atoms with Gasteiger partial charge in [-0.3, -0.25) is 4.79 Å². The first kappa shape index (κ1) is 11.1. The highest BCUT2D eigenvalue weighted by Crippen LogP contribution is 2.28. The zero-order valence-electron chi connectivity index (χ0n) is 8.04. The molecule has 5 heteroatoms. The van der Waals surface area contributed by atoms with Gasteiger partial charge in [-0.15, -0.1) is 11.3 Å². The van der Waals surface area contributed by atoms with E-state index in [2.05, 4.69) is 0 Å². The van der Waals surface area contributed by atoms with E-state index in [0.29, 0.717) is 4.70 Å². The largest absolute Gasteiger partial charge is 0.396 e. The molecule has 84 valence electrons. The molecule has 0 fully saturated rings. The summed E-state index contributed by atoms with van der Waals surface area (Å²) >= 11 is 1.28. The maximum Gasteiger partial charge on any atom is 0.396 e. The number of thiophene rings is 1. The minimum absolute atomic E-state index is 0.157. The lowest BCUT2D eigenvalue weighted by atomic mass is 10.1. The highest BCUT2D eigenvalue weighted by Gasteiger charge is 2.32. The molecule has 2 rings (SSSR count). The summed E-state index contributed by atoms with van der Waals surface area (Å²) in [5.74, 6) is -0.874. The number of rotatable bonds is 2. The molecule has 0 aliphatic rings. The number of alkyl halides is 3. The van der Waals surface area contributed by atoms with E-state index in [1.54, 1.807) is 23.6 Å². The van der Waals surface area contributed by atoms with Gasteiger partial charge in [0.15, 0.2) is 5.78 Å². The van der Waals surface area contributed by atoms with Crippen molar-refractivity contribution in [3.05, 3.63) is 35.2 Å². The molecular formula is C11H7F3OS. The van der Waals surface area contributed by atoms with Gasteiger partial charge in [-0.25, -0.2) is 0 Å². The molecule has 0 saturated heterocycles. The molecule has 0 bridgehead atoms. The number of carbonyl (C=O) groups is 1. The molecule has 0 unspecified atom stereocenters. The Labute approximate surface area is 93.5 Å². The zero-order chi connectivity index (χ0) is 11.8. The van der Waals surface area contributed by atoms with Crippen LogP contribution < -0.4 is 0 Å². The monoisotopic (exact) mass is 244 g/mol. The summed E-state index contributed by atoms with van der Waals surface area (Å²) in [5, 5.41) is 2.56. The average molecular weight is 244 g/mol. The molecule has 0 saturated carbocycles. The standard InChI is InChI=1S/C11H7F3OS/c12-11(13,14)6-9(15)8-3-1-2-7-4-5-16-10(7)8/h1-5H,6H2. The number of halogens is 3. The Hall–Kier alpha value is -1.36. The van der Waals surface area contributed by atoms with E-state index in [1.807, 2.05) is 0 Å². The van der Waals surface area contributed by atoms with Gasteiger partial charge < -0.3 is 0 Å². The first-order chi connectivity index (χ1) is 7.47. The molecule has 0 radical (unpaired) electrons. The number of hydrogen-bond donors (Lipinski definition) is 0. The van der Waals surface area contributed by atoms with Gasteiger partial charge in [0, 0.05) is 10.3 Å². The van der Waals surface area contributed by atoms with Crippen LogP contribution in [0.1, 0.15) is 16.8 Å². The van der Waals surface area contributed by atoms with Crippen molar-refractivity contribution in [2.45, 2.75) is 12.6 Å². The quantitative estimate of drug-likeness (QED) is 0.729. The van der Waals surface area contributed by atoms with Crippen molar-refractivity contribution in [2.75, 3.05) is 0 Å². The topological polar surface area (TPSA) is 17.1 Å². The maximum absolute atomic E-state index is 12.1. The predicted molar refractivity (Wildman–Crippen MR) is 56.8 cm³/mol. The Balaban J connectivity index is 2.40. The van der Waals surface area contributed by atoms with E-state index in [0.717, 1.165) is 5.39 Å². The van der Waals surface area contributed by atoms with Crippen LogP contribution in [0.4, 0.5) is 13.2 Å². The van der Waals surface area contributed by atoms with E-state index >= 15 is 0 Å². The lowest BCUT2D eigenvalue weighted by Gasteiger charge is -2.05. The van der Waals surface area contributed by atoms with E-state index in [4.69, 9.17) is 0 Å². The summed E-state index contributed by atoms with van der Waals surface area (Å²) in [5.41, 5.74) is 0.157.